The normalized spacial score (nSPS) is 11.7. The van der Waals surface area contributed by atoms with Crippen LogP contribution >= 0.6 is 0 Å². The Morgan fingerprint density at radius 2 is 2.20 bits per heavy atom. The zero-order chi connectivity index (χ0) is 11.3. The molecule has 1 atom stereocenters. The maximum atomic E-state index is 4.34. The smallest absolute Gasteiger partial charge is 0.125 e. The molecule has 0 saturated carbocycles. The van der Waals surface area contributed by atoms with Crippen LogP contribution in [0.3, 0.4) is 0 Å². The largest absolute Gasteiger partial charge is 0.299 e. The van der Waals surface area contributed by atoms with Crippen molar-refractivity contribution >= 4 is 0 Å². The highest BCUT2D eigenvalue weighted by molar-refractivity contribution is 5.20. The zero-order valence-corrected chi connectivity index (χ0v) is 9.76. The molecule has 1 rings (SSSR count). The van der Waals surface area contributed by atoms with Gasteiger partial charge >= 0.3 is 0 Å². The van der Waals surface area contributed by atoms with E-state index < -0.39 is 0 Å². The van der Waals surface area contributed by atoms with E-state index >= 15 is 0 Å². The summed E-state index contributed by atoms with van der Waals surface area (Å²) in [7, 11) is 0. The maximum absolute atomic E-state index is 4.34. The Hall–Kier alpha value is -1.40. The summed E-state index contributed by atoms with van der Waals surface area (Å²) >= 11 is 0. The summed E-state index contributed by atoms with van der Waals surface area (Å²) in [6.07, 6.45) is 1.88. The molecule has 0 aliphatic heterocycles. The fourth-order valence-electron chi connectivity index (χ4n) is 1.42. The van der Waals surface area contributed by atoms with Crippen LogP contribution in [0.5, 0.6) is 0 Å². The van der Waals surface area contributed by atoms with Gasteiger partial charge in [-0.25, -0.2) is 9.97 Å². The molecule has 0 bridgehead atoms. The first-order valence-electron chi connectivity index (χ1n) is 5.08. The topological polar surface area (TPSA) is 37.8 Å². The molecule has 0 aliphatic rings. The third kappa shape index (κ3) is 3.34. The molecular weight excluding hydrogens is 186 g/mol. The standard InChI is InChI=1S/C12H17N3/c1-5-6-7-13-9(2)12-8-14-11(4)15-10(12)3/h8-9,13H,7H2,1-4H3. The second-order valence-electron chi connectivity index (χ2n) is 3.49. The number of aryl methyl sites for hydroxylation is 2. The van der Waals surface area contributed by atoms with Crippen molar-refractivity contribution in [3.63, 3.8) is 0 Å². The van der Waals surface area contributed by atoms with Gasteiger partial charge in [-0.3, -0.25) is 5.32 Å². The van der Waals surface area contributed by atoms with Crippen LogP contribution in [0.25, 0.3) is 0 Å². The molecule has 0 aliphatic carbocycles. The van der Waals surface area contributed by atoms with E-state index in [0.717, 1.165) is 17.1 Å². The first kappa shape index (κ1) is 11.7. The summed E-state index contributed by atoms with van der Waals surface area (Å²) < 4.78 is 0. The van der Waals surface area contributed by atoms with Crippen molar-refractivity contribution in [3.05, 3.63) is 23.3 Å². The lowest BCUT2D eigenvalue weighted by molar-refractivity contribution is 0.612. The molecule has 0 amide bonds. The van der Waals surface area contributed by atoms with Crippen LogP contribution in [0, 0.1) is 25.7 Å². The summed E-state index contributed by atoms with van der Waals surface area (Å²) in [5, 5.41) is 3.31. The van der Waals surface area contributed by atoms with Gasteiger partial charge in [0, 0.05) is 23.5 Å². The third-order valence-corrected chi connectivity index (χ3v) is 2.28. The lowest BCUT2D eigenvalue weighted by atomic mass is 10.1. The van der Waals surface area contributed by atoms with Crippen molar-refractivity contribution < 1.29 is 0 Å². The van der Waals surface area contributed by atoms with Crippen LogP contribution in [-0.4, -0.2) is 16.5 Å². The van der Waals surface area contributed by atoms with Gasteiger partial charge < -0.3 is 0 Å². The van der Waals surface area contributed by atoms with Crippen LogP contribution in [0.15, 0.2) is 6.20 Å². The number of aromatic nitrogens is 2. The molecule has 80 valence electrons. The van der Waals surface area contributed by atoms with Gasteiger partial charge in [0.15, 0.2) is 0 Å². The van der Waals surface area contributed by atoms with Crippen LogP contribution in [0.2, 0.25) is 0 Å². The average Bonchev–Trinajstić information content (AvgIpc) is 2.17. The molecule has 3 heteroatoms. The van der Waals surface area contributed by atoms with Gasteiger partial charge in [-0.15, -0.1) is 5.92 Å². The van der Waals surface area contributed by atoms with Gasteiger partial charge in [0.2, 0.25) is 0 Å². The minimum Gasteiger partial charge on any atom is -0.299 e. The van der Waals surface area contributed by atoms with Crippen molar-refractivity contribution in [1.82, 2.24) is 15.3 Å². The Labute approximate surface area is 91.3 Å². The van der Waals surface area contributed by atoms with Gasteiger partial charge in [-0.2, -0.15) is 0 Å². The molecule has 3 nitrogen and oxygen atoms in total. The fourth-order valence-corrected chi connectivity index (χ4v) is 1.42. The van der Waals surface area contributed by atoms with Gasteiger partial charge in [0.05, 0.1) is 6.54 Å². The molecule has 0 fully saturated rings. The fraction of sp³-hybridized carbons (Fsp3) is 0.500. The molecule has 0 saturated heterocycles. The highest BCUT2D eigenvalue weighted by Gasteiger charge is 2.08. The molecule has 1 heterocycles. The van der Waals surface area contributed by atoms with E-state index in [1.165, 1.54) is 0 Å². The number of hydrogen-bond donors (Lipinski definition) is 1. The summed E-state index contributed by atoms with van der Waals surface area (Å²) in [6, 6.07) is 0.242. The van der Waals surface area contributed by atoms with E-state index in [1.54, 1.807) is 0 Å². The SMILES string of the molecule is CC#CCNC(C)c1cnc(C)nc1C. The van der Waals surface area contributed by atoms with E-state index in [2.05, 4.69) is 34.0 Å². The molecule has 0 spiro atoms. The highest BCUT2D eigenvalue weighted by atomic mass is 14.9. The Balaban J connectivity index is 2.71. The Bertz CT molecular complexity index is 388. The summed E-state index contributed by atoms with van der Waals surface area (Å²) in [4.78, 5) is 8.54. The molecule has 15 heavy (non-hydrogen) atoms. The van der Waals surface area contributed by atoms with Gasteiger partial charge in [-0.05, 0) is 27.7 Å². The lowest BCUT2D eigenvalue weighted by Crippen LogP contribution is -2.20. The molecule has 0 radical (unpaired) electrons. The van der Waals surface area contributed by atoms with E-state index in [-0.39, 0.29) is 6.04 Å². The molecule has 1 unspecified atom stereocenters. The number of hydrogen-bond acceptors (Lipinski definition) is 3. The molecular formula is C12H17N3. The van der Waals surface area contributed by atoms with Crippen molar-refractivity contribution in [2.75, 3.05) is 6.54 Å². The van der Waals surface area contributed by atoms with E-state index in [9.17, 15) is 0 Å². The predicted octanol–water partition coefficient (Wildman–Crippen LogP) is 1.77. The summed E-state index contributed by atoms with van der Waals surface area (Å²) in [6.45, 7) is 8.54. The zero-order valence-electron chi connectivity index (χ0n) is 9.76. The van der Waals surface area contributed by atoms with Gasteiger partial charge in [0.25, 0.3) is 0 Å². The van der Waals surface area contributed by atoms with Gasteiger partial charge in [-0.1, -0.05) is 5.92 Å². The van der Waals surface area contributed by atoms with Gasteiger partial charge in [0.1, 0.15) is 5.82 Å². The van der Waals surface area contributed by atoms with Crippen molar-refractivity contribution in [1.29, 1.82) is 0 Å². The maximum Gasteiger partial charge on any atom is 0.125 e. The average molecular weight is 203 g/mol. The summed E-state index contributed by atoms with van der Waals surface area (Å²) in [5.41, 5.74) is 2.17. The molecule has 0 aromatic carbocycles. The van der Waals surface area contributed by atoms with Crippen molar-refractivity contribution in [2.24, 2.45) is 0 Å². The number of nitrogens with zero attached hydrogens (tertiary/aromatic N) is 2. The van der Waals surface area contributed by atoms with Crippen LogP contribution in [0.1, 0.15) is 37.0 Å². The van der Waals surface area contributed by atoms with Crippen molar-refractivity contribution in [3.8, 4) is 11.8 Å². The number of rotatable bonds is 3. The molecule has 1 aromatic heterocycles. The minimum absolute atomic E-state index is 0.242. The Morgan fingerprint density at radius 3 is 2.80 bits per heavy atom. The first-order chi connectivity index (χ1) is 7.15. The Kier molecular flexibility index (Phi) is 4.26. The van der Waals surface area contributed by atoms with Crippen LogP contribution in [0.4, 0.5) is 0 Å². The highest BCUT2D eigenvalue weighted by Crippen LogP contribution is 2.13. The molecule has 1 N–H and O–H groups in total. The first-order valence-corrected chi connectivity index (χ1v) is 5.08. The minimum atomic E-state index is 0.242. The monoisotopic (exact) mass is 203 g/mol. The summed E-state index contributed by atoms with van der Waals surface area (Å²) in [5.74, 6) is 6.65. The van der Waals surface area contributed by atoms with Crippen LogP contribution < -0.4 is 5.32 Å². The van der Waals surface area contributed by atoms with Crippen molar-refractivity contribution in [2.45, 2.75) is 33.7 Å². The van der Waals surface area contributed by atoms with E-state index in [0.29, 0.717) is 6.54 Å². The quantitative estimate of drug-likeness (QED) is 0.761. The van der Waals surface area contributed by atoms with E-state index in [1.807, 2.05) is 27.0 Å². The number of nitrogens with one attached hydrogen (secondary N) is 1. The van der Waals surface area contributed by atoms with Crippen LogP contribution in [-0.2, 0) is 0 Å². The second kappa shape index (κ2) is 5.47. The Morgan fingerprint density at radius 1 is 1.47 bits per heavy atom. The molecule has 1 aromatic rings. The van der Waals surface area contributed by atoms with E-state index in [4.69, 9.17) is 0 Å². The third-order valence-electron chi connectivity index (χ3n) is 2.28. The predicted molar refractivity (Wildman–Crippen MR) is 61.4 cm³/mol. The lowest BCUT2D eigenvalue weighted by Gasteiger charge is -2.13. The second-order valence-corrected chi connectivity index (χ2v) is 3.49.